The minimum Gasteiger partial charge on any atom is -0.479 e. The molecule has 5 heteroatoms. The molecular weight excluding hydrogens is 208 g/mol. The van der Waals surface area contributed by atoms with E-state index in [0.29, 0.717) is 12.1 Å². The number of nitrogens with zero attached hydrogens (tertiary/aromatic N) is 1. The third-order valence-corrected chi connectivity index (χ3v) is 3.15. The summed E-state index contributed by atoms with van der Waals surface area (Å²) in [6.45, 7) is 0.437. The van der Waals surface area contributed by atoms with E-state index in [2.05, 4.69) is 5.32 Å². The Balaban J connectivity index is 2.19. The van der Waals surface area contributed by atoms with Crippen molar-refractivity contribution in [1.82, 2.24) is 10.2 Å². The maximum absolute atomic E-state index is 11.6. The van der Waals surface area contributed by atoms with Gasteiger partial charge in [0.2, 0.25) is 0 Å². The van der Waals surface area contributed by atoms with Crippen molar-refractivity contribution in [3.05, 3.63) is 35.4 Å². The number of carbonyl (C=O) groups excluding carboxylic acids is 1. The topological polar surface area (TPSA) is 69.6 Å². The molecule has 2 aliphatic heterocycles. The van der Waals surface area contributed by atoms with Crippen molar-refractivity contribution in [2.24, 2.45) is 0 Å². The van der Waals surface area contributed by atoms with Crippen LogP contribution in [0.1, 0.15) is 23.2 Å². The summed E-state index contributed by atoms with van der Waals surface area (Å²) < 4.78 is 0. The molecule has 2 N–H and O–H groups in total. The van der Waals surface area contributed by atoms with E-state index in [1.165, 1.54) is 4.90 Å². The molecule has 2 unspecified atom stereocenters. The zero-order valence-electron chi connectivity index (χ0n) is 8.38. The summed E-state index contributed by atoms with van der Waals surface area (Å²) in [4.78, 5) is 24.2. The number of amides is 2. The van der Waals surface area contributed by atoms with E-state index in [1.807, 2.05) is 12.1 Å². The van der Waals surface area contributed by atoms with E-state index in [0.717, 1.165) is 5.56 Å². The van der Waals surface area contributed by atoms with E-state index >= 15 is 0 Å². The van der Waals surface area contributed by atoms with Gasteiger partial charge in [0.25, 0.3) is 0 Å². The highest BCUT2D eigenvalue weighted by molar-refractivity contribution is 5.87. The fourth-order valence-corrected chi connectivity index (χ4v) is 2.47. The van der Waals surface area contributed by atoms with Gasteiger partial charge in [-0.05, 0) is 11.1 Å². The summed E-state index contributed by atoms with van der Waals surface area (Å²) in [5.74, 6) is -0.983. The lowest BCUT2D eigenvalue weighted by molar-refractivity contribution is -0.142. The summed E-state index contributed by atoms with van der Waals surface area (Å²) >= 11 is 0. The number of hydrogen-bond acceptors (Lipinski definition) is 2. The van der Waals surface area contributed by atoms with Gasteiger partial charge in [0.1, 0.15) is 0 Å². The van der Waals surface area contributed by atoms with E-state index in [1.54, 1.807) is 12.1 Å². The maximum atomic E-state index is 11.6. The van der Waals surface area contributed by atoms with Crippen LogP contribution in [0.3, 0.4) is 0 Å². The van der Waals surface area contributed by atoms with Gasteiger partial charge >= 0.3 is 12.0 Å². The van der Waals surface area contributed by atoms with Crippen LogP contribution in [0.2, 0.25) is 0 Å². The second kappa shape index (κ2) is 2.98. The summed E-state index contributed by atoms with van der Waals surface area (Å²) in [5.41, 5.74) is 1.63. The van der Waals surface area contributed by atoms with Crippen LogP contribution in [0.5, 0.6) is 0 Å². The first-order valence-corrected chi connectivity index (χ1v) is 5.07. The number of aliphatic carboxylic acids is 1. The van der Waals surface area contributed by atoms with Crippen molar-refractivity contribution in [3.63, 3.8) is 0 Å². The van der Waals surface area contributed by atoms with Crippen LogP contribution in [-0.2, 0) is 4.79 Å². The highest BCUT2D eigenvalue weighted by atomic mass is 16.4. The normalized spacial score (nSPS) is 26.2. The van der Waals surface area contributed by atoms with Crippen LogP contribution in [-0.4, -0.2) is 28.6 Å². The molecule has 1 aromatic rings. The van der Waals surface area contributed by atoms with Crippen molar-refractivity contribution < 1.29 is 14.7 Å². The largest absolute Gasteiger partial charge is 0.479 e. The molecule has 0 radical (unpaired) electrons. The van der Waals surface area contributed by atoms with Gasteiger partial charge in [0.15, 0.2) is 6.04 Å². The molecule has 3 rings (SSSR count). The average Bonchev–Trinajstić information content (AvgIpc) is 2.57. The number of hydrogen-bond donors (Lipinski definition) is 2. The Kier molecular flexibility index (Phi) is 1.71. The molecule has 2 bridgehead atoms. The number of fused-ring (bicyclic) bond motifs is 4. The van der Waals surface area contributed by atoms with Crippen LogP contribution in [0.25, 0.3) is 0 Å². The molecule has 1 fully saturated rings. The molecule has 0 aliphatic carbocycles. The minimum atomic E-state index is -0.983. The van der Waals surface area contributed by atoms with Gasteiger partial charge in [-0.25, -0.2) is 9.59 Å². The fraction of sp³-hybridized carbons (Fsp3) is 0.273. The lowest BCUT2D eigenvalue weighted by Crippen LogP contribution is -2.38. The first-order valence-electron chi connectivity index (χ1n) is 5.07. The quantitative estimate of drug-likeness (QED) is 0.735. The second-order valence-corrected chi connectivity index (χ2v) is 4.02. The summed E-state index contributed by atoms with van der Waals surface area (Å²) in [6.07, 6.45) is 0. The molecule has 1 aromatic carbocycles. The van der Waals surface area contributed by atoms with Gasteiger partial charge in [0, 0.05) is 6.54 Å². The molecule has 16 heavy (non-hydrogen) atoms. The lowest BCUT2D eigenvalue weighted by atomic mass is 9.91. The number of urea groups is 1. The Morgan fingerprint density at radius 3 is 2.75 bits per heavy atom. The molecule has 2 heterocycles. The van der Waals surface area contributed by atoms with Gasteiger partial charge in [0.05, 0.1) is 6.04 Å². The zero-order valence-corrected chi connectivity index (χ0v) is 8.38. The molecular formula is C11H10N2O3. The van der Waals surface area contributed by atoms with E-state index < -0.39 is 12.0 Å². The standard InChI is InChI=1S/C11H10N2O3/c14-10(15)9-7-4-2-1-3-6(7)8-5-13(9)11(16)12-8/h1-4,8-9H,5H2,(H,12,16)(H,14,15). The lowest BCUT2D eigenvalue weighted by Gasteiger charge is -2.29. The first kappa shape index (κ1) is 9.21. The van der Waals surface area contributed by atoms with Gasteiger partial charge in [-0.1, -0.05) is 24.3 Å². The Labute approximate surface area is 91.7 Å². The second-order valence-electron chi connectivity index (χ2n) is 4.02. The number of rotatable bonds is 1. The predicted molar refractivity (Wildman–Crippen MR) is 54.8 cm³/mol. The average molecular weight is 218 g/mol. The van der Waals surface area contributed by atoms with Crippen molar-refractivity contribution in [2.45, 2.75) is 12.1 Å². The van der Waals surface area contributed by atoms with Crippen LogP contribution in [0.15, 0.2) is 24.3 Å². The van der Waals surface area contributed by atoms with Crippen LogP contribution >= 0.6 is 0 Å². The minimum absolute atomic E-state index is 0.0701. The third-order valence-electron chi connectivity index (χ3n) is 3.15. The van der Waals surface area contributed by atoms with E-state index in [9.17, 15) is 14.7 Å². The number of carboxylic acids is 1. The highest BCUT2D eigenvalue weighted by Gasteiger charge is 2.45. The Hall–Kier alpha value is -2.04. The van der Waals surface area contributed by atoms with Gasteiger partial charge in [-0.15, -0.1) is 0 Å². The molecule has 2 atom stereocenters. The van der Waals surface area contributed by atoms with Crippen molar-refractivity contribution in [1.29, 1.82) is 0 Å². The summed E-state index contributed by atoms with van der Waals surface area (Å²) in [6, 6.07) is 6.08. The Morgan fingerprint density at radius 1 is 1.38 bits per heavy atom. The molecule has 0 spiro atoms. The Bertz CT molecular complexity index is 486. The van der Waals surface area contributed by atoms with Gasteiger partial charge in [-0.2, -0.15) is 0 Å². The SMILES string of the molecule is O=C(O)C1c2ccccc2C2CN1C(=O)N2. The van der Waals surface area contributed by atoms with E-state index in [4.69, 9.17) is 0 Å². The monoisotopic (exact) mass is 218 g/mol. The van der Waals surface area contributed by atoms with Gasteiger partial charge in [-0.3, -0.25) is 0 Å². The number of carbonyl (C=O) groups is 2. The Morgan fingerprint density at radius 2 is 2.06 bits per heavy atom. The summed E-state index contributed by atoms with van der Waals surface area (Å²) in [5, 5.41) is 12.0. The smallest absolute Gasteiger partial charge is 0.331 e. The fourth-order valence-electron chi connectivity index (χ4n) is 2.47. The molecule has 5 nitrogen and oxygen atoms in total. The van der Waals surface area contributed by atoms with Crippen molar-refractivity contribution in [3.8, 4) is 0 Å². The molecule has 0 aromatic heterocycles. The maximum Gasteiger partial charge on any atom is 0.331 e. The number of nitrogens with one attached hydrogen (secondary N) is 1. The molecule has 0 saturated carbocycles. The number of benzene rings is 1. The summed E-state index contributed by atoms with van der Waals surface area (Å²) in [7, 11) is 0. The van der Waals surface area contributed by atoms with Crippen LogP contribution < -0.4 is 5.32 Å². The van der Waals surface area contributed by atoms with Crippen molar-refractivity contribution >= 4 is 12.0 Å². The molecule has 2 amide bonds. The van der Waals surface area contributed by atoms with Crippen molar-refractivity contribution in [2.75, 3.05) is 6.54 Å². The van der Waals surface area contributed by atoms with Gasteiger partial charge < -0.3 is 15.3 Å². The molecule has 2 aliphatic rings. The first-order chi connectivity index (χ1) is 7.68. The highest BCUT2D eigenvalue weighted by Crippen LogP contribution is 2.38. The third kappa shape index (κ3) is 1.05. The molecule has 82 valence electrons. The predicted octanol–water partition coefficient (Wildman–Crippen LogP) is 0.892. The van der Waals surface area contributed by atoms with Crippen LogP contribution in [0, 0.1) is 0 Å². The zero-order chi connectivity index (χ0) is 11.3. The molecule has 1 saturated heterocycles. The van der Waals surface area contributed by atoms with Crippen LogP contribution in [0.4, 0.5) is 4.79 Å². The van der Waals surface area contributed by atoms with E-state index in [-0.39, 0.29) is 12.1 Å². The number of carboxylic acid groups (broad SMARTS) is 1.